The Kier molecular flexibility index (Phi) is 20.2. The summed E-state index contributed by atoms with van der Waals surface area (Å²) in [7, 11) is 5.96. The summed E-state index contributed by atoms with van der Waals surface area (Å²) in [4.78, 5) is 19.5. The fraction of sp³-hybridized carbons (Fsp3) is 0.406. The highest BCUT2D eigenvalue weighted by Crippen LogP contribution is 2.16. The molecule has 1 aliphatic rings. The Bertz CT molecular complexity index is 1000. The van der Waals surface area contributed by atoms with Gasteiger partial charge in [-0.15, -0.1) is 0 Å². The van der Waals surface area contributed by atoms with Crippen LogP contribution in [0.25, 0.3) is 0 Å². The Balaban J connectivity index is 0.000000570. The molecule has 0 fully saturated rings. The first-order valence-corrected chi connectivity index (χ1v) is 14.1. The van der Waals surface area contributed by atoms with Gasteiger partial charge in [-0.2, -0.15) is 15.0 Å². The molecule has 9 heteroatoms. The lowest BCUT2D eigenvalue weighted by Gasteiger charge is -2.22. The molecule has 0 spiro atoms. The highest BCUT2D eigenvalue weighted by Gasteiger charge is 2.13. The van der Waals surface area contributed by atoms with E-state index in [1.165, 1.54) is 0 Å². The van der Waals surface area contributed by atoms with Crippen LogP contribution in [0.1, 0.15) is 47.5 Å². The number of benzene rings is 2. The first kappa shape index (κ1) is 36.7. The van der Waals surface area contributed by atoms with Crippen LogP contribution in [0.2, 0.25) is 0 Å². The highest BCUT2D eigenvalue weighted by atomic mass is 16.3. The van der Waals surface area contributed by atoms with Crippen molar-refractivity contribution in [2.75, 3.05) is 55.5 Å². The van der Waals surface area contributed by atoms with Crippen molar-refractivity contribution in [2.45, 2.75) is 47.5 Å². The van der Waals surface area contributed by atoms with Crippen LogP contribution in [0.4, 0.5) is 17.8 Å². The van der Waals surface area contributed by atoms with Gasteiger partial charge in [0, 0.05) is 47.2 Å². The first-order chi connectivity index (χ1) is 19.7. The Morgan fingerprint density at radius 2 is 0.951 bits per heavy atom. The monoisotopic (exact) mass is 566 g/mol. The van der Waals surface area contributed by atoms with Gasteiger partial charge in [0.1, 0.15) is 11.5 Å². The number of phenols is 2. The number of nitrogens with zero attached hydrogens (tertiary/aromatic N) is 6. The van der Waals surface area contributed by atoms with E-state index in [1.807, 2.05) is 74.0 Å². The molecule has 0 saturated heterocycles. The molecule has 4 rings (SSSR count). The van der Waals surface area contributed by atoms with Gasteiger partial charge in [0.05, 0.1) is 5.76 Å². The number of phenolic OH excluding ortho intramolecular Hbond substituents is 2. The zero-order valence-electron chi connectivity index (χ0n) is 26.1. The minimum absolute atomic E-state index is 0.322. The van der Waals surface area contributed by atoms with E-state index in [0.29, 0.717) is 17.3 Å². The molecule has 3 aromatic rings. The van der Waals surface area contributed by atoms with E-state index in [2.05, 4.69) is 35.7 Å². The van der Waals surface area contributed by atoms with Gasteiger partial charge in [0.2, 0.25) is 17.8 Å². The van der Waals surface area contributed by atoms with Gasteiger partial charge in [-0.1, -0.05) is 62.4 Å². The topological polar surface area (TPSA) is 109 Å². The summed E-state index contributed by atoms with van der Waals surface area (Å²) in [5.74, 6) is 3.31. The largest absolute Gasteiger partial charge is 0.512 e. The number of aliphatic hydroxyl groups is 1. The molecule has 3 N–H and O–H groups in total. The average Bonchev–Trinajstić information content (AvgIpc) is 3.02. The zero-order valence-corrected chi connectivity index (χ0v) is 26.1. The maximum Gasteiger partial charge on any atom is 0.231 e. The second-order valence-corrected chi connectivity index (χ2v) is 8.57. The summed E-state index contributed by atoms with van der Waals surface area (Å²) in [6.07, 6.45) is 7.45. The van der Waals surface area contributed by atoms with Gasteiger partial charge in [-0.25, -0.2) is 0 Å². The SMILES string of the molecule is CC.CCN(C)c1nc(N(C)CC)nc(N(C)CC)n1.OC1=CC=CCC1.Oc1ccccc1.Oc1ccccc1. The summed E-state index contributed by atoms with van der Waals surface area (Å²) < 4.78 is 0. The Hall–Kier alpha value is -4.27. The molecule has 2 aromatic carbocycles. The van der Waals surface area contributed by atoms with Crippen molar-refractivity contribution in [3.63, 3.8) is 0 Å². The molecular formula is C32H50N6O3. The number of rotatable bonds is 6. The van der Waals surface area contributed by atoms with Gasteiger partial charge >= 0.3 is 0 Å². The normalized spacial score (nSPS) is 10.9. The second-order valence-electron chi connectivity index (χ2n) is 8.57. The van der Waals surface area contributed by atoms with E-state index in [-0.39, 0.29) is 0 Å². The van der Waals surface area contributed by atoms with Gasteiger partial charge in [-0.05, 0) is 57.5 Å². The number of hydrogen-bond donors (Lipinski definition) is 3. The minimum Gasteiger partial charge on any atom is -0.512 e. The number of hydrogen-bond acceptors (Lipinski definition) is 9. The maximum atomic E-state index is 8.72. The van der Waals surface area contributed by atoms with Crippen LogP contribution in [-0.2, 0) is 0 Å². The minimum atomic E-state index is 0.322. The third-order valence-electron chi connectivity index (χ3n) is 5.55. The van der Waals surface area contributed by atoms with E-state index in [9.17, 15) is 0 Å². The number of aromatic hydroxyl groups is 2. The van der Waals surface area contributed by atoms with Crippen LogP contribution in [0.15, 0.2) is 84.7 Å². The van der Waals surface area contributed by atoms with Crippen molar-refractivity contribution in [1.29, 1.82) is 0 Å². The summed E-state index contributed by atoms with van der Waals surface area (Å²) in [6.45, 7) is 12.8. The molecular weight excluding hydrogens is 516 g/mol. The Morgan fingerprint density at radius 3 is 1.12 bits per heavy atom. The maximum absolute atomic E-state index is 8.72. The molecule has 226 valence electrons. The van der Waals surface area contributed by atoms with E-state index < -0.39 is 0 Å². The van der Waals surface area contributed by atoms with Crippen molar-refractivity contribution in [1.82, 2.24) is 15.0 Å². The molecule has 0 saturated carbocycles. The third kappa shape index (κ3) is 16.4. The van der Waals surface area contributed by atoms with Crippen molar-refractivity contribution in [2.24, 2.45) is 0 Å². The summed E-state index contributed by atoms with van der Waals surface area (Å²) in [5.41, 5.74) is 0. The number of anilines is 3. The van der Waals surface area contributed by atoms with E-state index in [1.54, 1.807) is 54.6 Å². The quantitative estimate of drug-likeness (QED) is 0.296. The molecule has 0 amide bonds. The first-order valence-electron chi connectivity index (χ1n) is 14.1. The van der Waals surface area contributed by atoms with Crippen molar-refractivity contribution in [3.05, 3.63) is 84.7 Å². The molecule has 0 bridgehead atoms. The zero-order chi connectivity index (χ0) is 31.0. The molecule has 1 heterocycles. The number of allylic oxidation sites excluding steroid dienone is 4. The Labute approximate surface area is 247 Å². The van der Waals surface area contributed by atoms with Gasteiger partial charge < -0.3 is 30.0 Å². The number of aromatic nitrogens is 3. The van der Waals surface area contributed by atoms with Crippen LogP contribution in [0.5, 0.6) is 11.5 Å². The Morgan fingerprint density at radius 1 is 0.610 bits per heavy atom. The predicted molar refractivity (Wildman–Crippen MR) is 173 cm³/mol. The summed E-state index contributed by atoms with van der Waals surface area (Å²) in [5, 5.41) is 26.0. The number of para-hydroxylation sites is 2. The van der Waals surface area contributed by atoms with E-state index in [0.717, 1.165) is 50.3 Å². The highest BCUT2D eigenvalue weighted by molar-refractivity contribution is 5.45. The fourth-order valence-corrected chi connectivity index (χ4v) is 2.73. The van der Waals surface area contributed by atoms with E-state index in [4.69, 9.17) is 15.3 Å². The van der Waals surface area contributed by atoms with Crippen LogP contribution in [0.3, 0.4) is 0 Å². The van der Waals surface area contributed by atoms with Crippen LogP contribution >= 0.6 is 0 Å². The molecule has 0 aliphatic heterocycles. The smallest absolute Gasteiger partial charge is 0.231 e. The lowest BCUT2D eigenvalue weighted by Crippen LogP contribution is -2.27. The third-order valence-corrected chi connectivity index (χ3v) is 5.55. The molecule has 1 aliphatic carbocycles. The molecule has 41 heavy (non-hydrogen) atoms. The summed E-state index contributed by atoms with van der Waals surface area (Å²) >= 11 is 0. The van der Waals surface area contributed by atoms with Crippen LogP contribution in [0, 0.1) is 0 Å². The summed E-state index contributed by atoms with van der Waals surface area (Å²) in [6, 6.07) is 17.4. The molecule has 0 radical (unpaired) electrons. The van der Waals surface area contributed by atoms with Gasteiger partial charge in [-0.3, -0.25) is 0 Å². The number of aliphatic hydroxyl groups excluding tert-OH is 1. The molecule has 0 atom stereocenters. The van der Waals surface area contributed by atoms with E-state index >= 15 is 0 Å². The van der Waals surface area contributed by atoms with Crippen molar-refractivity contribution in [3.8, 4) is 11.5 Å². The van der Waals surface area contributed by atoms with Crippen LogP contribution < -0.4 is 14.7 Å². The average molecular weight is 567 g/mol. The van der Waals surface area contributed by atoms with Crippen molar-refractivity contribution < 1.29 is 15.3 Å². The lowest BCUT2D eigenvalue weighted by molar-refractivity contribution is 0.387. The molecule has 1 aromatic heterocycles. The van der Waals surface area contributed by atoms with Gasteiger partial charge in [0.15, 0.2) is 0 Å². The van der Waals surface area contributed by atoms with Crippen LogP contribution in [-0.4, -0.2) is 71.0 Å². The lowest BCUT2D eigenvalue weighted by atomic mass is 10.2. The standard InChI is InChI=1S/C12H24N6.C6H8O.2C6H6O.C2H6/c1-7-16(4)10-13-11(17(5)8-2)15-12(14-10)18(6)9-3;3*7-6-4-2-1-3-5-6;1-2/h7-9H2,1-6H3;1-2,4,7H,3,5H2;2*1-5,7H;1-2H3. The fourth-order valence-electron chi connectivity index (χ4n) is 2.73. The predicted octanol–water partition coefficient (Wildman–Crippen LogP) is 6.83. The van der Waals surface area contributed by atoms with Crippen molar-refractivity contribution >= 4 is 17.8 Å². The molecule has 0 unspecified atom stereocenters. The molecule has 9 nitrogen and oxygen atoms in total. The van der Waals surface area contributed by atoms with Gasteiger partial charge in [0.25, 0.3) is 0 Å². The second kappa shape index (κ2) is 22.5.